The van der Waals surface area contributed by atoms with Crippen molar-refractivity contribution in [2.75, 3.05) is 18.5 Å². The third-order valence-electron chi connectivity index (χ3n) is 5.67. The van der Waals surface area contributed by atoms with Gasteiger partial charge in [-0.2, -0.15) is 5.10 Å². The second kappa shape index (κ2) is 15.0. The van der Waals surface area contributed by atoms with E-state index in [1.165, 1.54) is 11.8 Å². The summed E-state index contributed by atoms with van der Waals surface area (Å²) in [6.45, 7) is 8.40. The maximum Gasteiger partial charge on any atom is 0.329 e. The number of aryl methyl sites for hydroxylation is 1. The summed E-state index contributed by atoms with van der Waals surface area (Å²) in [7, 11) is 0. The number of hydrazone groups is 1. The molecule has 0 saturated heterocycles. The first kappa shape index (κ1) is 30.6. The van der Waals surface area contributed by atoms with Crippen molar-refractivity contribution in [3.63, 3.8) is 0 Å². The van der Waals surface area contributed by atoms with Crippen molar-refractivity contribution in [1.29, 1.82) is 0 Å². The summed E-state index contributed by atoms with van der Waals surface area (Å²) in [5.41, 5.74) is 6.66. The molecule has 0 spiro atoms. The van der Waals surface area contributed by atoms with E-state index >= 15 is 0 Å². The Labute approximate surface area is 247 Å². The standard InChI is InChI=1S/C30H33IN4O5/c1-5-39-26-15-22(14-25(31)28(26)40-18-27(36)34-24-8-6-7-20(4)13-24)17-33-35-30(38)29(37)32-16-21-9-11-23(12-10-21)19(2)3/h6-15,17,19H,5,16,18H2,1-4H3,(H,32,37)(H,34,36)(H,35,38)/b33-17-. The van der Waals surface area contributed by atoms with Gasteiger partial charge in [-0.3, -0.25) is 14.4 Å². The maximum atomic E-state index is 12.4. The van der Waals surface area contributed by atoms with E-state index in [9.17, 15) is 14.4 Å². The molecule has 10 heteroatoms. The van der Waals surface area contributed by atoms with Crippen LogP contribution in [0.15, 0.2) is 65.8 Å². The van der Waals surface area contributed by atoms with Gasteiger partial charge in [0.2, 0.25) is 0 Å². The number of nitrogens with one attached hydrogen (secondary N) is 3. The van der Waals surface area contributed by atoms with Crippen molar-refractivity contribution in [3.8, 4) is 11.5 Å². The highest BCUT2D eigenvalue weighted by molar-refractivity contribution is 14.1. The van der Waals surface area contributed by atoms with Crippen molar-refractivity contribution in [1.82, 2.24) is 10.7 Å². The molecule has 0 fully saturated rings. The first-order valence-corrected chi connectivity index (χ1v) is 13.9. The molecular weight excluding hydrogens is 623 g/mol. The zero-order valence-corrected chi connectivity index (χ0v) is 25.1. The predicted molar refractivity (Wildman–Crippen MR) is 164 cm³/mol. The largest absolute Gasteiger partial charge is 0.490 e. The van der Waals surface area contributed by atoms with E-state index in [0.717, 1.165) is 11.1 Å². The molecule has 210 valence electrons. The van der Waals surface area contributed by atoms with Crippen molar-refractivity contribution < 1.29 is 23.9 Å². The number of rotatable bonds is 11. The van der Waals surface area contributed by atoms with Gasteiger partial charge in [0.15, 0.2) is 18.1 Å². The van der Waals surface area contributed by atoms with Crippen LogP contribution in [0.25, 0.3) is 0 Å². The summed E-state index contributed by atoms with van der Waals surface area (Å²) in [5, 5.41) is 9.29. The van der Waals surface area contributed by atoms with Crippen LogP contribution in [-0.2, 0) is 20.9 Å². The third kappa shape index (κ3) is 9.37. The monoisotopic (exact) mass is 656 g/mol. The fourth-order valence-corrected chi connectivity index (χ4v) is 4.40. The van der Waals surface area contributed by atoms with E-state index in [-0.39, 0.29) is 19.1 Å². The number of nitrogens with zero attached hydrogens (tertiary/aromatic N) is 1. The highest BCUT2D eigenvalue weighted by atomic mass is 127. The Morgan fingerprint density at radius 3 is 2.42 bits per heavy atom. The van der Waals surface area contributed by atoms with Crippen LogP contribution in [0, 0.1) is 10.5 Å². The van der Waals surface area contributed by atoms with Gasteiger partial charge in [-0.05, 0) is 88.9 Å². The van der Waals surface area contributed by atoms with Crippen LogP contribution < -0.4 is 25.5 Å². The number of carbonyl (C=O) groups excluding carboxylic acids is 3. The van der Waals surface area contributed by atoms with Crippen molar-refractivity contribution in [2.24, 2.45) is 5.10 Å². The van der Waals surface area contributed by atoms with Crippen LogP contribution in [0.1, 0.15) is 48.9 Å². The first-order chi connectivity index (χ1) is 19.2. The van der Waals surface area contributed by atoms with Crippen molar-refractivity contribution in [2.45, 2.75) is 40.2 Å². The molecule has 0 aromatic heterocycles. The second-order valence-electron chi connectivity index (χ2n) is 9.25. The highest BCUT2D eigenvalue weighted by Crippen LogP contribution is 2.34. The summed E-state index contributed by atoms with van der Waals surface area (Å²) in [5.74, 6) is -0.713. The van der Waals surface area contributed by atoms with E-state index in [2.05, 4.69) is 57.6 Å². The van der Waals surface area contributed by atoms with E-state index < -0.39 is 11.8 Å². The van der Waals surface area contributed by atoms with Crippen LogP contribution in [0.3, 0.4) is 0 Å². The van der Waals surface area contributed by atoms with Gasteiger partial charge in [0.05, 0.1) is 16.4 Å². The van der Waals surface area contributed by atoms with Crippen LogP contribution in [0.5, 0.6) is 11.5 Å². The minimum Gasteiger partial charge on any atom is -0.490 e. The lowest BCUT2D eigenvalue weighted by Gasteiger charge is -2.14. The normalized spacial score (nSPS) is 10.8. The van der Waals surface area contributed by atoms with Gasteiger partial charge < -0.3 is 20.1 Å². The third-order valence-corrected chi connectivity index (χ3v) is 6.47. The van der Waals surface area contributed by atoms with E-state index in [0.29, 0.717) is 38.8 Å². The molecule has 3 aromatic rings. The quantitative estimate of drug-likeness (QED) is 0.117. The van der Waals surface area contributed by atoms with E-state index in [1.54, 1.807) is 12.1 Å². The first-order valence-electron chi connectivity index (χ1n) is 12.8. The van der Waals surface area contributed by atoms with Gasteiger partial charge in [0, 0.05) is 12.2 Å². The Hall–Kier alpha value is -3.93. The molecule has 3 N–H and O–H groups in total. The van der Waals surface area contributed by atoms with Gasteiger partial charge in [0.1, 0.15) is 0 Å². The maximum absolute atomic E-state index is 12.4. The van der Waals surface area contributed by atoms with Crippen LogP contribution in [-0.4, -0.2) is 37.1 Å². The molecule has 40 heavy (non-hydrogen) atoms. The molecule has 0 bridgehead atoms. The van der Waals surface area contributed by atoms with Crippen LogP contribution in [0.4, 0.5) is 5.69 Å². The van der Waals surface area contributed by atoms with Crippen LogP contribution >= 0.6 is 22.6 Å². The number of ether oxygens (including phenoxy) is 2. The molecule has 9 nitrogen and oxygen atoms in total. The molecule has 0 unspecified atom stereocenters. The number of carbonyl (C=O) groups is 3. The van der Waals surface area contributed by atoms with E-state index in [1.807, 2.05) is 62.4 Å². The van der Waals surface area contributed by atoms with Crippen molar-refractivity contribution in [3.05, 3.63) is 86.5 Å². The highest BCUT2D eigenvalue weighted by Gasteiger charge is 2.15. The van der Waals surface area contributed by atoms with Gasteiger partial charge in [-0.15, -0.1) is 0 Å². The van der Waals surface area contributed by atoms with Crippen molar-refractivity contribution >= 4 is 52.2 Å². The minimum absolute atomic E-state index is 0.204. The molecule has 3 rings (SSSR count). The molecule has 0 radical (unpaired) electrons. The molecule has 0 aliphatic heterocycles. The number of benzene rings is 3. The van der Waals surface area contributed by atoms with Gasteiger partial charge in [-0.1, -0.05) is 50.2 Å². The fraction of sp³-hybridized carbons (Fsp3) is 0.267. The zero-order chi connectivity index (χ0) is 29.1. The molecular formula is C30H33IN4O5. The smallest absolute Gasteiger partial charge is 0.329 e. The lowest BCUT2D eigenvalue weighted by atomic mass is 10.0. The number of hydrogen-bond donors (Lipinski definition) is 3. The van der Waals surface area contributed by atoms with Crippen LogP contribution in [0.2, 0.25) is 0 Å². The SMILES string of the molecule is CCOc1cc(/C=N\NC(=O)C(=O)NCc2ccc(C(C)C)cc2)cc(I)c1OCC(=O)Nc1cccc(C)c1. The number of hydrogen-bond acceptors (Lipinski definition) is 6. The number of halogens is 1. The molecule has 0 saturated carbocycles. The van der Waals surface area contributed by atoms with Gasteiger partial charge >= 0.3 is 11.8 Å². The lowest BCUT2D eigenvalue weighted by Crippen LogP contribution is -2.37. The Kier molecular flexibility index (Phi) is 11.5. The Bertz CT molecular complexity index is 1370. The summed E-state index contributed by atoms with van der Waals surface area (Å²) in [4.78, 5) is 36.7. The van der Waals surface area contributed by atoms with E-state index in [4.69, 9.17) is 9.47 Å². The summed E-state index contributed by atoms with van der Waals surface area (Å²) >= 11 is 2.07. The number of amides is 3. The summed E-state index contributed by atoms with van der Waals surface area (Å²) < 4.78 is 12.2. The summed E-state index contributed by atoms with van der Waals surface area (Å²) in [6, 6.07) is 18.8. The molecule has 0 aliphatic carbocycles. The summed E-state index contributed by atoms with van der Waals surface area (Å²) in [6.07, 6.45) is 1.40. The average molecular weight is 657 g/mol. The topological polar surface area (TPSA) is 118 Å². The minimum atomic E-state index is -0.880. The Morgan fingerprint density at radius 1 is 1.00 bits per heavy atom. The Balaban J connectivity index is 1.55. The molecule has 3 amide bonds. The molecule has 0 atom stereocenters. The molecule has 0 heterocycles. The lowest BCUT2D eigenvalue weighted by molar-refractivity contribution is -0.139. The van der Waals surface area contributed by atoms with Gasteiger partial charge in [-0.25, -0.2) is 5.43 Å². The average Bonchev–Trinajstić information content (AvgIpc) is 2.91. The predicted octanol–water partition coefficient (Wildman–Crippen LogP) is 4.91. The number of anilines is 1. The van der Waals surface area contributed by atoms with Gasteiger partial charge in [0.25, 0.3) is 5.91 Å². The fourth-order valence-electron chi connectivity index (χ4n) is 3.62. The Morgan fingerprint density at radius 2 is 1.75 bits per heavy atom. The second-order valence-corrected chi connectivity index (χ2v) is 10.4. The zero-order valence-electron chi connectivity index (χ0n) is 22.9. The molecule has 0 aliphatic rings. The molecule has 3 aromatic carbocycles.